The Kier molecular flexibility index (Phi) is 11.3. The normalized spacial score (nSPS) is 11.9. The number of pyridine rings is 1. The van der Waals surface area contributed by atoms with Crippen LogP contribution in [0.4, 0.5) is 0 Å². The molecular formula is C20H29IN4O3. The quantitative estimate of drug-likeness (QED) is 0.279. The lowest BCUT2D eigenvalue weighted by atomic mass is 10.1. The number of halogens is 1. The summed E-state index contributed by atoms with van der Waals surface area (Å²) >= 11 is 0. The highest BCUT2D eigenvalue weighted by atomic mass is 127. The molecule has 7 nitrogen and oxygen atoms in total. The molecule has 0 bridgehead atoms. The molecule has 0 aliphatic carbocycles. The topological polar surface area (TPSA) is 88.0 Å². The van der Waals surface area contributed by atoms with Crippen LogP contribution in [-0.4, -0.2) is 49.9 Å². The van der Waals surface area contributed by atoms with Gasteiger partial charge in [0.05, 0.1) is 20.8 Å². The van der Waals surface area contributed by atoms with Gasteiger partial charge in [-0.25, -0.2) is 0 Å². The summed E-state index contributed by atoms with van der Waals surface area (Å²) in [6, 6.07) is 11.2. The van der Waals surface area contributed by atoms with Crippen LogP contribution < -0.4 is 20.1 Å². The van der Waals surface area contributed by atoms with Crippen molar-refractivity contribution in [2.24, 2.45) is 4.99 Å². The summed E-state index contributed by atoms with van der Waals surface area (Å²) in [7, 11) is 3.16. The Bertz CT molecular complexity index is 729. The Balaban J connectivity index is 0.00000392. The van der Waals surface area contributed by atoms with Crippen LogP contribution in [0.5, 0.6) is 11.5 Å². The van der Waals surface area contributed by atoms with Crippen LogP contribution >= 0.6 is 24.0 Å². The summed E-state index contributed by atoms with van der Waals surface area (Å²) in [6.07, 6.45) is 1.77. The molecule has 0 amide bonds. The highest BCUT2D eigenvalue weighted by Crippen LogP contribution is 2.29. The third-order valence-corrected chi connectivity index (χ3v) is 3.96. The van der Waals surface area contributed by atoms with Crippen LogP contribution in [0.2, 0.25) is 0 Å². The Labute approximate surface area is 183 Å². The third kappa shape index (κ3) is 7.51. The van der Waals surface area contributed by atoms with Gasteiger partial charge in [0, 0.05) is 37.0 Å². The maximum Gasteiger partial charge on any atom is 0.191 e. The summed E-state index contributed by atoms with van der Waals surface area (Å²) in [5, 5.41) is 17.0. The number of benzene rings is 1. The number of aliphatic hydroxyl groups excluding tert-OH is 1. The molecule has 0 saturated heterocycles. The van der Waals surface area contributed by atoms with Gasteiger partial charge in [0.1, 0.15) is 17.6 Å². The van der Waals surface area contributed by atoms with Crippen molar-refractivity contribution in [3.8, 4) is 11.5 Å². The molecule has 0 radical (unpaired) electrons. The number of nitrogens with one attached hydrogen (secondary N) is 2. The van der Waals surface area contributed by atoms with Crippen molar-refractivity contribution < 1.29 is 14.6 Å². The second kappa shape index (κ2) is 13.2. The second-order valence-electron chi connectivity index (χ2n) is 5.84. The molecule has 1 aromatic heterocycles. The number of aromatic nitrogens is 1. The van der Waals surface area contributed by atoms with Crippen molar-refractivity contribution in [3.63, 3.8) is 0 Å². The maximum atomic E-state index is 10.6. The van der Waals surface area contributed by atoms with E-state index in [2.05, 4.69) is 20.6 Å². The molecule has 0 aliphatic rings. The van der Waals surface area contributed by atoms with Crippen molar-refractivity contribution in [2.45, 2.75) is 19.4 Å². The van der Waals surface area contributed by atoms with Crippen LogP contribution in [0.25, 0.3) is 0 Å². The first kappa shape index (κ1) is 24.0. The fraction of sp³-hybridized carbons (Fsp3) is 0.400. The number of guanidine groups is 1. The van der Waals surface area contributed by atoms with Gasteiger partial charge in [-0.05, 0) is 37.3 Å². The van der Waals surface area contributed by atoms with Crippen molar-refractivity contribution >= 4 is 29.9 Å². The molecule has 0 saturated carbocycles. The van der Waals surface area contributed by atoms with Gasteiger partial charge in [0.2, 0.25) is 0 Å². The summed E-state index contributed by atoms with van der Waals surface area (Å²) in [4.78, 5) is 8.78. The van der Waals surface area contributed by atoms with Crippen LogP contribution in [0.15, 0.2) is 47.6 Å². The standard InChI is InChI=1S/C20H28N4O3.HI/c1-4-21-20(23-12-10-15-7-5-6-11-22-15)24-14-18(25)17-13-16(26-2)8-9-19(17)27-3;/h5-9,11,13,18,25H,4,10,12,14H2,1-3H3,(H2,21,23,24);1H. The lowest BCUT2D eigenvalue weighted by Gasteiger charge is -2.16. The summed E-state index contributed by atoms with van der Waals surface area (Å²) in [5.74, 6) is 1.91. The average molecular weight is 500 g/mol. The van der Waals surface area contributed by atoms with Crippen molar-refractivity contribution in [1.82, 2.24) is 15.6 Å². The van der Waals surface area contributed by atoms with Gasteiger partial charge in [-0.1, -0.05) is 6.07 Å². The molecule has 0 aliphatic heterocycles. The molecule has 0 fully saturated rings. The predicted molar refractivity (Wildman–Crippen MR) is 122 cm³/mol. The number of hydrogen-bond donors (Lipinski definition) is 3. The average Bonchev–Trinajstić information content (AvgIpc) is 2.72. The lowest BCUT2D eigenvalue weighted by Crippen LogP contribution is -2.38. The minimum absolute atomic E-state index is 0. The van der Waals surface area contributed by atoms with Crippen LogP contribution in [-0.2, 0) is 6.42 Å². The minimum atomic E-state index is -0.804. The zero-order chi connectivity index (χ0) is 19.5. The van der Waals surface area contributed by atoms with Gasteiger partial charge in [-0.2, -0.15) is 0 Å². The largest absolute Gasteiger partial charge is 0.497 e. The molecular weight excluding hydrogens is 471 g/mol. The molecule has 28 heavy (non-hydrogen) atoms. The maximum absolute atomic E-state index is 10.6. The number of hydrogen-bond acceptors (Lipinski definition) is 5. The van der Waals surface area contributed by atoms with Gasteiger partial charge >= 0.3 is 0 Å². The van der Waals surface area contributed by atoms with Gasteiger partial charge in [-0.15, -0.1) is 24.0 Å². The fourth-order valence-electron chi connectivity index (χ4n) is 2.57. The van der Waals surface area contributed by atoms with E-state index in [0.29, 0.717) is 29.6 Å². The Hall–Kier alpha value is -2.07. The van der Waals surface area contributed by atoms with Gasteiger partial charge in [0.25, 0.3) is 0 Å². The molecule has 1 heterocycles. The highest BCUT2D eigenvalue weighted by molar-refractivity contribution is 14.0. The van der Waals surface area contributed by atoms with Crippen LogP contribution in [0.1, 0.15) is 24.3 Å². The first-order valence-corrected chi connectivity index (χ1v) is 9.00. The molecule has 3 N–H and O–H groups in total. The zero-order valence-electron chi connectivity index (χ0n) is 16.5. The Morgan fingerprint density at radius 2 is 2.00 bits per heavy atom. The van der Waals surface area contributed by atoms with Crippen molar-refractivity contribution in [2.75, 3.05) is 33.9 Å². The van der Waals surface area contributed by atoms with Crippen LogP contribution in [0.3, 0.4) is 0 Å². The highest BCUT2D eigenvalue weighted by Gasteiger charge is 2.14. The van der Waals surface area contributed by atoms with E-state index in [0.717, 1.165) is 18.7 Å². The number of aliphatic hydroxyl groups is 1. The van der Waals surface area contributed by atoms with Crippen molar-refractivity contribution in [3.05, 3.63) is 53.9 Å². The SMILES string of the molecule is CCNC(=NCC(O)c1cc(OC)ccc1OC)NCCc1ccccn1.I. The molecule has 1 unspecified atom stereocenters. The lowest BCUT2D eigenvalue weighted by molar-refractivity contribution is 0.182. The Morgan fingerprint density at radius 3 is 2.64 bits per heavy atom. The summed E-state index contributed by atoms with van der Waals surface area (Å²) in [5.41, 5.74) is 1.66. The molecule has 154 valence electrons. The van der Waals surface area contributed by atoms with Crippen molar-refractivity contribution in [1.29, 1.82) is 0 Å². The monoisotopic (exact) mass is 500 g/mol. The van der Waals surface area contributed by atoms with Crippen LogP contribution in [0, 0.1) is 0 Å². The van der Waals surface area contributed by atoms with Gasteiger partial charge in [-0.3, -0.25) is 9.98 Å². The summed E-state index contributed by atoms with van der Waals surface area (Å²) < 4.78 is 10.6. The van der Waals surface area contributed by atoms with Gasteiger partial charge in [0.15, 0.2) is 5.96 Å². The van der Waals surface area contributed by atoms with E-state index in [1.165, 1.54) is 0 Å². The number of ether oxygens (including phenoxy) is 2. The molecule has 0 spiro atoms. The zero-order valence-corrected chi connectivity index (χ0v) is 18.8. The number of methoxy groups -OCH3 is 2. The summed E-state index contributed by atoms with van der Waals surface area (Å²) in [6.45, 7) is 3.62. The van der Waals surface area contributed by atoms with E-state index in [1.807, 2.05) is 25.1 Å². The first-order chi connectivity index (χ1) is 13.2. The molecule has 2 rings (SSSR count). The first-order valence-electron chi connectivity index (χ1n) is 9.00. The number of rotatable bonds is 9. The fourth-order valence-corrected chi connectivity index (χ4v) is 2.57. The van der Waals surface area contributed by atoms with E-state index in [4.69, 9.17) is 9.47 Å². The number of aliphatic imine (C=N–C) groups is 1. The van der Waals surface area contributed by atoms with Gasteiger partial charge < -0.3 is 25.2 Å². The number of nitrogens with zero attached hydrogens (tertiary/aromatic N) is 2. The molecule has 2 aromatic rings. The molecule has 1 aromatic carbocycles. The smallest absolute Gasteiger partial charge is 0.191 e. The Morgan fingerprint density at radius 1 is 1.18 bits per heavy atom. The minimum Gasteiger partial charge on any atom is -0.497 e. The van der Waals surface area contributed by atoms with E-state index in [9.17, 15) is 5.11 Å². The van der Waals surface area contributed by atoms with E-state index in [-0.39, 0.29) is 30.5 Å². The predicted octanol–water partition coefficient (Wildman–Crippen LogP) is 2.55. The second-order valence-corrected chi connectivity index (χ2v) is 5.84. The van der Waals surface area contributed by atoms with E-state index >= 15 is 0 Å². The van der Waals surface area contributed by atoms with E-state index < -0.39 is 6.10 Å². The van der Waals surface area contributed by atoms with E-state index in [1.54, 1.807) is 38.6 Å². The molecule has 1 atom stereocenters. The molecule has 8 heteroatoms. The third-order valence-electron chi connectivity index (χ3n) is 3.96.